The number of aliphatic hydroxyl groups is 1. The highest BCUT2D eigenvalue weighted by Gasteiger charge is 2.63. The highest BCUT2D eigenvalue weighted by molar-refractivity contribution is 7.80. The molecule has 0 amide bonds. The molecule has 3 atom stereocenters. The predicted molar refractivity (Wildman–Crippen MR) is 120 cm³/mol. The lowest BCUT2D eigenvalue weighted by molar-refractivity contribution is -0.156. The molecule has 2 aromatic rings. The Labute approximate surface area is 177 Å². The molecule has 152 valence electrons. The summed E-state index contributed by atoms with van der Waals surface area (Å²) in [4.78, 5) is 5.08. The Hall–Kier alpha value is -1.99. The van der Waals surface area contributed by atoms with E-state index in [1.54, 1.807) is 0 Å². The Kier molecular flexibility index (Phi) is 4.82. The summed E-state index contributed by atoms with van der Waals surface area (Å²) < 4.78 is 0. The van der Waals surface area contributed by atoms with Gasteiger partial charge < -0.3 is 25.5 Å². The molecule has 3 N–H and O–H groups in total. The Bertz CT molecular complexity index is 861. The fourth-order valence-corrected chi connectivity index (χ4v) is 5.82. The molecule has 5 nitrogen and oxygen atoms in total. The molecule has 0 saturated carbocycles. The molecule has 4 aliphatic rings. The Balaban J connectivity index is 1.43. The summed E-state index contributed by atoms with van der Waals surface area (Å²) in [5.74, 6) is 0.194. The second-order valence-corrected chi connectivity index (χ2v) is 9.12. The molecular formula is C23H28N4OS. The number of piperidine rings is 2. The maximum absolute atomic E-state index is 12.2. The number of hydrogen-bond acceptors (Lipinski definition) is 4. The van der Waals surface area contributed by atoms with Crippen LogP contribution in [0.4, 0.5) is 5.69 Å². The molecule has 0 spiro atoms. The Morgan fingerprint density at radius 2 is 1.55 bits per heavy atom. The molecule has 0 aromatic heterocycles. The van der Waals surface area contributed by atoms with Gasteiger partial charge in [0.15, 0.2) is 5.11 Å². The molecule has 3 unspecified atom stereocenters. The van der Waals surface area contributed by atoms with E-state index in [0.717, 1.165) is 45.0 Å². The standard InChI is InChI=1S/C23H28N4OS/c28-23(15-24-21(29)25-20-9-5-2-6-10-20)19-13-26-11-12-27(14-19)17-22(23,16-26)18-7-3-1-4-8-18/h1-10,19,28H,11-17H2,(H2,24,25,29). The van der Waals surface area contributed by atoms with Gasteiger partial charge in [-0.3, -0.25) is 0 Å². The molecule has 4 saturated heterocycles. The van der Waals surface area contributed by atoms with Crippen LogP contribution >= 0.6 is 12.2 Å². The van der Waals surface area contributed by atoms with E-state index in [-0.39, 0.29) is 11.3 Å². The first-order valence-corrected chi connectivity index (χ1v) is 10.8. The van der Waals surface area contributed by atoms with Crippen LogP contribution in [-0.2, 0) is 5.41 Å². The second-order valence-electron chi connectivity index (χ2n) is 8.71. The summed E-state index contributed by atoms with van der Waals surface area (Å²) >= 11 is 5.54. The van der Waals surface area contributed by atoms with Gasteiger partial charge in [-0.1, -0.05) is 48.5 Å². The van der Waals surface area contributed by atoms with Gasteiger partial charge in [-0.25, -0.2) is 0 Å². The highest BCUT2D eigenvalue weighted by Crippen LogP contribution is 2.49. The third-order valence-corrected chi connectivity index (χ3v) is 7.30. The van der Waals surface area contributed by atoms with Gasteiger partial charge in [0.05, 0.1) is 11.0 Å². The van der Waals surface area contributed by atoms with Gasteiger partial charge in [0.2, 0.25) is 0 Å². The third kappa shape index (κ3) is 3.24. The van der Waals surface area contributed by atoms with Crippen molar-refractivity contribution in [3.05, 3.63) is 66.2 Å². The van der Waals surface area contributed by atoms with E-state index in [2.05, 4.69) is 50.8 Å². The normalized spacial score (nSPS) is 35.1. The van der Waals surface area contributed by atoms with Crippen LogP contribution in [0.3, 0.4) is 0 Å². The number of rotatable bonds is 4. The number of para-hydroxylation sites is 1. The average Bonchev–Trinajstić information content (AvgIpc) is 3.01. The minimum atomic E-state index is -0.853. The van der Waals surface area contributed by atoms with Crippen molar-refractivity contribution in [3.63, 3.8) is 0 Å². The van der Waals surface area contributed by atoms with Crippen molar-refractivity contribution in [3.8, 4) is 0 Å². The summed E-state index contributed by atoms with van der Waals surface area (Å²) in [5.41, 5.74) is 1.01. The predicted octanol–water partition coefficient (Wildman–Crippen LogP) is 1.90. The first-order chi connectivity index (χ1) is 14.1. The minimum Gasteiger partial charge on any atom is -0.387 e. The molecule has 29 heavy (non-hydrogen) atoms. The number of hydrogen-bond donors (Lipinski definition) is 3. The number of anilines is 1. The van der Waals surface area contributed by atoms with E-state index >= 15 is 0 Å². The average molecular weight is 409 g/mol. The van der Waals surface area contributed by atoms with Crippen LogP contribution in [0, 0.1) is 5.92 Å². The summed E-state index contributed by atoms with van der Waals surface area (Å²) in [6.45, 7) is 6.30. The fraction of sp³-hybridized carbons (Fsp3) is 0.435. The van der Waals surface area contributed by atoms with Crippen LogP contribution in [0.5, 0.6) is 0 Å². The number of nitrogens with zero attached hydrogens (tertiary/aromatic N) is 2. The lowest BCUT2D eigenvalue weighted by atomic mass is 9.57. The van der Waals surface area contributed by atoms with Crippen molar-refractivity contribution < 1.29 is 5.11 Å². The van der Waals surface area contributed by atoms with Gasteiger partial charge in [0, 0.05) is 57.4 Å². The van der Waals surface area contributed by atoms with Crippen LogP contribution in [0.25, 0.3) is 0 Å². The summed E-state index contributed by atoms with van der Waals surface area (Å²) in [7, 11) is 0. The molecule has 4 fully saturated rings. The molecule has 6 heteroatoms. The quantitative estimate of drug-likeness (QED) is 0.672. The topological polar surface area (TPSA) is 50.8 Å². The fourth-order valence-electron chi connectivity index (χ4n) is 5.63. The monoisotopic (exact) mass is 408 g/mol. The summed E-state index contributed by atoms with van der Waals surface area (Å²) in [5, 5.41) is 19.4. The van der Waals surface area contributed by atoms with Crippen LogP contribution in [0.2, 0.25) is 0 Å². The van der Waals surface area contributed by atoms with E-state index in [9.17, 15) is 5.11 Å². The number of nitrogens with one attached hydrogen (secondary N) is 2. The van der Waals surface area contributed by atoms with Crippen molar-refractivity contribution >= 4 is 23.0 Å². The molecule has 4 aliphatic heterocycles. The van der Waals surface area contributed by atoms with E-state index < -0.39 is 5.60 Å². The SMILES string of the molecule is OC1(CNC(=S)Nc2ccccc2)C2CN3CCN(C2)CC1(c1ccccc1)C3. The molecule has 0 aliphatic carbocycles. The van der Waals surface area contributed by atoms with Gasteiger partial charge in [0.1, 0.15) is 0 Å². The first-order valence-electron chi connectivity index (χ1n) is 10.4. The molecular weight excluding hydrogens is 380 g/mol. The van der Waals surface area contributed by atoms with Crippen LogP contribution in [-0.4, -0.2) is 71.4 Å². The largest absolute Gasteiger partial charge is 0.387 e. The first kappa shape index (κ1) is 19.0. The zero-order chi connectivity index (χ0) is 19.9. The lowest BCUT2D eigenvalue weighted by Crippen LogP contribution is -2.76. The van der Waals surface area contributed by atoms with Crippen molar-refractivity contribution in [1.29, 1.82) is 0 Å². The van der Waals surface area contributed by atoms with Gasteiger partial charge in [-0.15, -0.1) is 0 Å². The number of benzene rings is 2. The van der Waals surface area contributed by atoms with Crippen LogP contribution < -0.4 is 10.6 Å². The third-order valence-electron chi connectivity index (χ3n) is 7.06. The maximum atomic E-state index is 12.2. The second kappa shape index (κ2) is 7.36. The van der Waals surface area contributed by atoms with E-state index in [4.69, 9.17) is 12.2 Å². The van der Waals surface area contributed by atoms with E-state index in [1.807, 2.05) is 30.3 Å². The maximum Gasteiger partial charge on any atom is 0.170 e. The van der Waals surface area contributed by atoms with Gasteiger partial charge >= 0.3 is 0 Å². The van der Waals surface area contributed by atoms with Crippen molar-refractivity contribution in [2.75, 3.05) is 51.1 Å². The van der Waals surface area contributed by atoms with Gasteiger partial charge in [-0.2, -0.15) is 0 Å². The molecule has 2 aromatic carbocycles. The lowest BCUT2D eigenvalue weighted by Gasteiger charge is -2.61. The molecule has 4 heterocycles. The molecule has 4 bridgehead atoms. The van der Waals surface area contributed by atoms with E-state index in [1.165, 1.54) is 5.56 Å². The van der Waals surface area contributed by atoms with Crippen LogP contribution in [0.1, 0.15) is 5.56 Å². The minimum absolute atomic E-state index is 0.194. The van der Waals surface area contributed by atoms with E-state index in [0.29, 0.717) is 11.7 Å². The zero-order valence-electron chi connectivity index (χ0n) is 16.6. The van der Waals surface area contributed by atoms with Gasteiger partial charge in [-0.05, 0) is 29.9 Å². The molecule has 6 rings (SSSR count). The number of fused-ring (bicyclic) bond motifs is 1. The van der Waals surface area contributed by atoms with Crippen molar-refractivity contribution in [1.82, 2.24) is 15.1 Å². The smallest absolute Gasteiger partial charge is 0.170 e. The Morgan fingerprint density at radius 3 is 2.17 bits per heavy atom. The number of thiocarbonyl (C=S) groups is 1. The Morgan fingerprint density at radius 1 is 0.966 bits per heavy atom. The van der Waals surface area contributed by atoms with Crippen molar-refractivity contribution in [2.24, 2.45) is 5.92 Å². The van der Waals surface area contributed by atoms with Crippen LogP contribution in [0.15, 0.2) is 60.7 Å². The summed E-state index contributed by atoms with van der Waals surface area (Å²) in [6.07, 6.45) is 0. The highest BCUT2D eigenvalue weighted by atomic mass is 32.1. The molecule has 0 radical (unpaired) electrons. The zero-order valence-corrected chi connectivity index (χ0v) is 17.4. The van der Waals surface area contributed by atoms with Gasteiger partial charge in [0.25, 0.3) is 0 Å². The summed E-state index contributed by atoms with van der Waals surface area (Å²) in [6, 6.07) is 20.5. The van der Waals surface area contributed by atoms with Crippen molar-refractivity contribution in [2.45, 2.75) is 11.0 Å².